The van der Waals surface area contributed by atoms with Gasteiger partial charge in [-0.15, -0.1) is 0 Å². The Balaban J connectivity index is 2.33. The first-order chi connectivity index (χ1) is 8.15. The van der Waals surface area contributed by atoms with Gasteiger partial charge >= 0.3 is 0 Å². The van der Waals surface area contributed by atoms with Crippen LogP contribution in [0.25, 0.3) is 0 Å². The number of benzene rings is 1. The zero-order valence-corrected chi connectivity index (χ0v) is 9.63. The molecule has 2 rings (SSSR count). The van der Waals surface area contributed by atoms with Crippen molar-refractivity contribution in [3.8, 4) is 0 Å². The summed E-state index contributed by atoms with van der Waals surface area (Å²) in [4.78, 5) is 13.5. The summed E-state index contributed by atoms with van der Waals surface area (Å²) in [5, 5.41) is 11.7. The maximum Gasteiger partial charge on any atom is 0.229 e. The largest absolute Gasteiger partial charge is 0.409 e. The van der Waals surface area contributed by atoms with Crippen LogP contribution in [0.3, 0.4) is 0 Å². The Morgan fingerprint density at radius 2 is 2.12 bits per heavy atom. The molecule has 17 heavy (non-hydrogen) atoms. The lowest BCUT2D eigenvalue weighted by Gasteiger charge is -2.20. The van der Waals surface area contributed by atoms with Gasteiger partial charge in [0.1, 0.15) is 0 Å². The second-order valence-electron chi connectivity index (χ2n) is 4.17. The van der Waals surface area contributed by atoms with Crippen molar-refractivity contribution in [2.75, 3.05) is 11.9 Å². The van der Waals surface area contributed by atoms with Gasteiger partial charge < -0.3 is 15.8 Å². The molecule has 1 fully saturated rings. The zero-order chi connectivity index (χ0) is 12.4. The standard InChI is InChI=1S/C12H15N3O2/c1-15(12(16)8-6-7-8)10-5-3-2-4-9(10)11(13)14-17/h2-5,8,17H,6-7H2,1H3,(H2,13,14). The van der Waals surface area contributed by atoms with E-state index in [1.165, 1.54) is 0 Å². The number of amidine groups is 1. The monoisotopic (exact) mass is 233 g/mol. The second kappa shape index (κ2) is 4.45. The lowest BCUT2D eigenvalue weighted by Crippen LogP contribution is -2.30. The van der Waals surface area contributed by atoms with Crippen LogP contribution in [-0.2, 0) is 4.79 Å². The van der Waals surface area contributed by atoms with E-state index in [9.17, 15) is 4.79 Å². The fourth-order valence-corrected chi connectivity index (χ4v) is 1.76. The fourth-order valence-electron chi connectivity index (χ4n) is 1.76. The number of anilines is 1. The number of hydrogen-bond acceptors (Lipinski definition) is 3. The summed E-state index contributed by atoms with van der Waals surface area (Å²) in [6.07, 6.45) is 1.91. The highest BCUT2D eigenvalue weighted by atomic mass is 16.4. The lowest BCUT2D eigenvalue weighted by atomic mass is 10.1. The Morgan fingerprint density at radius 1 is 1.47 bits per heavy atom. The second-order valence-corrected chi connectivity index (χ2v) is 4.17. The summed E-state index contributed by atoms with van der Waals surface area (Å²) in [6, 6.07) is 7.11. The van der Waals surface area contributed by atoms with Crippen LogP contribution in [-0.4, -0.2) is 24.0 Å². The maximum absolute atomic E-state index is 12.0. The normalized spacial score (nSPS) is 15.7. The van der Waals surface area contributed by atoms with Gasteiger partial charge in [-0.3, -0.25) is 4.79 Å². The Labute approximate surface area is 99.5 Å². The number of carbonyl (C=O) groups excluding carboxylic acids is 1. The number of hydrogen-bond donors (Lipinski definition) is 2. The molecule has 0 bridgehead atoms. The van der Waals surface area contributed by atoms with Gasteiger partial charge in [-0.1, -0.05) is 17.3 Å². The van der Waals surface area contributed by atoms with Crippen LogP contribution in [0, 0.1) is 5.92 Å². The molecule has 0 spiro atoms. The molecule has 1 aromatic rings. The van der Waals surface area contributed by atoms with E-state index < -0.39 is 0 Å². The molecular formula is C12H15N3O2. The van der Waals surface area contributed by atoms with Crippen LogP contribution < -0.4 is 10.6 Å². The highest BCUT2D eigenvalue weighted by Crippen LogP contribution is 2.32. The first kappa shape index (κ1) is 11.4. The van der Waals surface area contributed by atoms with Gasteiger partial charge in [-0.2, -0.15) is 0 Å². The fraction of sp³-hybridized carbons (Fsp3) is 0.333. The number of carbonyl (C=O) groups is 1. The molecule has 1 amide bonds. The molecule has 3 N–H and O–H groups in total. The number of nitrogens with two attached hydrogens (primary N) is 1. The number of oxime groups is 1. The molecule has 0 aromatic heterocycles. The number of amides is 1. The molecule has 0 saturated heterocycles. The molecule has 5 nitrogen and oxygen atoms in total. The lowest BCUT2D eigenvalue weighted by molar-refractivity contribution is -0.119. The Morgan fingerprint density at radius 3 is 2.71 bits per heavy atom. The van der Waals surface area contributed by atoms with E-state index in [1.807, 2.05) is 6.07 Å². The molecule has 1 aliphatic rings. The highest BCUT2D eigenvalue weighted by molar-refractivity contribution is 6.06. The van der Waals surface area contributed by atoms with Crippen molar-refractivity contribution in [2.24, 2.45) is 16.8 Å². The van der Waals surface area contributed by atoms with Crippen LogP contribution in [0.5, 0.6) is 0 Å². The molecule has 0 unspecified atom stereocenters. The summed E-state index contributed by atoms with van der Waals surface area (Å²) in [6.45, 7) is 0. The van der Waals surface area contributed by atoms with Gasteiger partial charge in [0.15, 0.2) is 5.84 Å². The minimum atomic E-state index is 0.0102. The SMILES string of the molecule is CN(C(=O)C1CC1)c1ccccc1C(N)=NO. The van der Waals surface area contributed by atoms with Gasteiger partial charge in [-0.25, -0.2) is 0 Å². The smallest absolute Gasteiger partial charge is 0.229 e. The number of rotatable bonds is 3. The van der Waals surface area contributed by atoms with Crippen molar-refractivity contribution >= 4 is 17.4 Å². The first-order valence-corrected chi connectivity index (χ1v) is 5.49. The molecule has 0 atom stereocenters. The highest BCUT2D eigenvalue weighted by Gasteiger charge is 2.33. The Hall–Kier alpha value is -2.04. The minimum absolute atomic E-state index is 0.0102. The van der Waals surface area contributed by atoms with Crippen LogP contribution in [0.4, 0.5) is 5.69 Å². The van der Waals surface area contributed by atoms with Gasteiger partial charge in [0.05, 0.1) is 5.69 Å². The van der Waals surface area contributed by atoms with Crippen molar-refractivity contribution in [2.45, 2.75) is 12.8 Å². The molecular weight excluding hydrogens is 218 g/mol. The summed E-state index contributed by atoms with van der Waals surface area (Å²) in [5.41, 5.74) is 6.81. The van der Waals surface area contributed by atoms with E-state index in [4.69, 9.17) is 10.9 Å². The predicted octanol–water partition coefficient (Wildman–Crippen LogP) is 1.15. The molecule has 90 valence electrons. The van der Waals surface area contributed by atoms with Crippen molar-refractivity contribution in [1.82, 2.24) is 0 Å². The van der Waals surface area contributed by atoms with Crippen molar-refractivity contribution in [3.05, 3.63) is 29.8 Å². The van der Waals surface area contributed by atoms with Crippen LogP contribution >= 0.6 is 0 Å². The van der Waals surface area contributed by atoms with Gasteiger partial charge in [-0.05, 0) is 25.0 Å². The van der Waals surface area contributed by atoms with Crippen LogP contribution in [0.2, 0.25) is 0 Å². The van der Waals surface area contributed by atoms with Crippen molar-refractivity contribution in [3.63, 3.8) is 0 Å². The molecule has 1 saturated carbocycles. The van der Waals surface area contributed by atoms with Crippen LogP contribution in [0.15, 0.2) is 29.4 Å². The Kier molecular flexibility index (Phi) is 2.99. The summed E-state index contributed by atoms with van der Waals surface area (Å²) >= 11 is 0. The zero-order valence-electron chi connectivity index (χ0n) is 9.63. The average Bonchev–Trinajstić information content (AvgIpc) is 3.20. The average molecular weight is 233 g/mol. The maximum atomic E-state index is 12.0. The predicted molar refractivity (Wildman–Crippen MR) is 65.1 cm³/mol. The molecule has 1 aliphatic carbocycles. The van der Waals surface area contributed by atoms with E-state index in [-0.39, 0.29) is 17.7 Å². The Bertz CT molecular complexity index is 467. The van der Waals surface area contributed by atoms with E-state index in [0.717, 1.165) is 12.8 Å². The van der Waals surface area contributed by atoms with Gasteiger partial charge in [0, 0.05) is 18.5 Å². The summed E-state index contributed by atoms with van der Waals surface area (Å²) in [7, 11) is 1.71. The third-order valence-electron chi connectivity index (χ3n) is 2.91. The van der Waals surface area contributed by atoms with E-state index >= 15 is 0 Å². The van der Waals surface area contributed by atoms with Crippen molar-refractivity contribution < 1.29 is 10.0 Å². The third kappa shape index (κ3) is 2.22. The molecule has 0 heterocycles. The van der Waals surface area contributed by atoms with Gasteiger partial charge in [0.2, 0.25) is 5.91 Å². The minimum Gasteiger partial charge on any atom is -0.409 e. The van der Waals surface area contributed by atoms with E-state index in [0.29, 0.717) is 11.3 Å². The summed E-state index contributed by atoms with van der Waals surface area (Å²) < 4.78 is 0. The van der Waals surface area contributed by atoms with Crippen molar-refractivity contribution in [1.29, 1.82) is 0 Å². The summed E-state index contributed by atoms with van der Waals surface area (Å²) in [5.74, 6) is 0.236. The van der Waals surface area contributed by atoms with E-state index in [2.05, 4.69) is 5.16 Å². The first-order valence-electron chi connectivity index (χ1n) is 5.49. The quantitative estimate of drug-likeness (QED) is 0.356. The number of nitrogens with zero attached hydrogens (tertiary/aromatic N) is 2. The third-order valence-corrected chi connectivity index (χ3v) is 2.91. The topological polar surface area (TPSA) is 78.9 Å². The van der Waals surface area contributed by atoms with E-state index in [1.54, 1.807) is 30.1 Å². The molecule has 1 aromatic carbocycles. The van der Waals surface area contributed by atoms with Crippen LogP contribution in [0.1, 0.15) is 18.4 Å². The number of para-hydroxylation sites is 1. The molecule has 0 aliphatic heterocycles. The van der Waals surface area contributed by atoms with Gasteiger partial charge in [0.25, 0.3) is 0 Å². The molecule has 5 heteroatoms. The molecule has 0 radical (unpaired) electrons.